The summed E-state index contributed by atoms with van der Waals surface area (Å²) in [4.78, 5) is 0. The van der Waals surface area contributed by atoms with Crippen LogP contribution in [0.2, 0.25) is 0 Å². The summed E-state index contributed by atoms with van der Waals surface area (Å²) in [6.45, 7) is 1.66. The third-order valence-electron chi connectivity index (χ3n) is 1.62. The lowest BCUT2D eigenvalue weighted by Crippen LogP contribution is -2.08. The molecule has 1 aromatic rings. The summed E-state index contributed by atoms with van der Waals surface area (Å²) in [5.74, 6) is 0. The summed E-state index contributed by atoms with van der Waals surface area (Å²) in [7, 11) is 0. The smallest absolute Gasteiger partial charge is 0.0495 e. The summed E-state index contributed by atoms with van der Waals surface area (Å²) in [5.41, 5.74) is 6.55. The number of nitrogens with two attached hydrogens (primary N) is 1. The molecule has 0 unspecified atom stereocenters. The van der Waals surface area contributed by atoms with Gasteiger partial charge in [-0.1, -0.05) is 0 Å². The number of benzene rings is 1. The zero-order chi connectivity index (χ0) is 9.68. The quantitative estimate of drug-likeness (QED) is 0.644. The highest BCUT2D eigenvalue weighted by Gasteiger charge is 1.98. The molecule has 0 spiro atoms. The molecule has 0 aliphatic rings. The van der Waals surface area contributed by atoms with Crippen LogP contribution in [0.3, 0.4) is 0 Å². The summed E-state index contributed by atoms with van der Waals surface area (Å²) in [6.07, 6.45) is 0.998. The van der Waals surface area contributed by atoms with Crippen LogP contribution in [0.15, 0.2) is 22.7 Å². The summed E-state index contributed by atoms with van der Waals surface area (Å²) >= 11 is 5.78. The van der Waals surface area contributed by atoms with Crippen LogP contribution in [0.4, 0.5) is 5.69 Å². The number of nitrogens with one attached hydrogen (secondary N) is 1. The molecule has 0 fully saturated rings. The maximum absolute atomic E-state index is 5.41. The average molecular weight is 355 g/mol. The van der Waals surface area contributed by atoms with Crippen LogP contribution in [0.5, 0.6) is 0 Å². The Kier molecular flexibility index (Phi) is 5.05. The highest BCUT2D eigenvalue weighted by Crippen LogP contribution is 2.24. The van der Waals surface area contributed by atoms with Crippen molar-refractivity contribution in [3.05, 3.63) is 26.2 Å². The van der Waals surface area contributed by atoms with Crippen molar-refractivity contribution in [2.75, 3.05) is 18.4 Å². The first-order chi connectivity index (χ1) is 6.24. The first kappa shape index (κ1) is 11.3. The van der Waals surface area contributed by atoms with E-state index in [0.717, 1.165) is 29.7 Å². The fraction of sp³-hybridized carbons (Fsp3) is 0.333. The lowest BCUT2D eigenvalue weighted by molar-refractivity contribution is 0.874. The van der Waals surface area contributed by atoms with Crippen molar-refractivity contribution >= 4 is 44.2 Å². The number of halogens is 2. The van der Waals surface area contributed by atoms with Crippen LogP contribution >= 0.6 is 38.5 Å². The van der Waals surface area contributed by atoms with Gasteiger partial charge in [0.15, 0.2) is 0 Å². The normalized spacial score (nSPS) is 10.1. The molecule has 2 nitrogen and oxygen atoms in total. The van der Waals surface area contributed by atoms with Gasteiger partial charge in [0.2, 0.25) is 0 Å². The van der Waals surface area contributed by atoms with Crippen LogP contribution in [0, 0.1) is 3.57 Å². The number of anilines is 1. The van der Waals surface area contributed by atoms with E-state index in [1.165, 1.54) is 3.57 Å². The molecule has 13 heavy (non-hydrogen) atoms. The van der Waals surface area contributed by atoms with E-state index in [1.807, 2.05) is 6.07 Å². The van der Waals surface area contributed by atoms with Crippen LogP contribution in [-0.4, -0.2) is 13.1 Å². The second-order valence-electron chi connectivity index (χ2n) is 2.69. The molecule has 0 aromatic heterocycles. The third kappa shape index (κ3) is 3.83. The predicted octanol–water partition coefficient (Wildman–Crippen LogP) is 2.81. The maximum Gasteiger partial charge on any atom is 0.0495 e. The van der Waals surface area contributed by atoms with E-state index in [4.69, 9.17) is 5.73 Å². The van der Waals surface area contributed by atoms with Crippen molar-refractivity contribution in [3.63, 3.8) is 0 Å². The Bertz CT molecular complexity index is 278. The van der Waals surface area contributed by atoms with Gasteiger partial charge in [0.1, 0.15) is 0 Å². The van der Waals surface area contributed by atoms with Crippen molar-refractivity contribution in [2.45, 2.75) is 6.42 Å². The first-order valence-corrected chi connectivity index (χ1v) is 6.00. The molecule has 72 valence electrons. The molecule has 0 bridgehead atoms. The van der Waals surface area contributed by atoms with Gasteiger partial charge >= 0.3 is 0 Å². The van der Waals surface area contributed by atoms with Gasteiger partial charge in [-0.15, -0.1) is 0 Å². The minimum absolute atomic E-state index is 0.731. The lowest BCUT2D eigenvalue weighted by Gasteiger charge is -2.07. The van der Waals surface area contributed by atoms with Crippen LogP contribution in [0.1, 0.15) is 6.42 Å². The third-order valence-corrected chi connectivity index (χ3v) is 2.99. The molecule has 4 heteroatoms. The van der Waals surface area contributed by atoms with E-state index < -0.39 is 0 Å². The molecule has 3 N–H and O–H groups in total. The fourth-order valence-electron chi connectivity index (χ4n) is 0.958. The maximum atomic E-state index is 5.41. The minimum atomic E-state index is 0.731. The summed E-state index contributed by atoms with van der Waals surface area (Å²) in [5, 5.41) is 3.32. The molecule has 0 radical (unpaired) electrons. The molecule has 1 rings (SSSR count). The lowest BCUT2D eigenvalue weighted by atomic mass is 10.3. The Morgan fingerprint density at radius 3 is 2.92 bits per heavy atom. The standard InChI is InChI=1S/C9H12BrIN2/c10-8-3-2-7(11)6-9(8)13-5-1-4-12/h2-3,6,13H,1,4-5,12H2. The zero-order valence-corrected chi connectivity index (χ0v) is 10.9. The summed E-state index contributed by atoms with van der Waals surface area (Å²) < 4.78 is 2.33. The molecule has 0 aliphatic carbocycles. The van der Waals surface area contributed by atoms with Gasteiger partial charge in [0, 0.05) is 20.3 Å². The van der Waals surface area contributed by atoms with Crippen LogP contribution in [0.25, 0.3) is 0 Å². The van der Waals surface area contributed by atoms with E-state index in [1.54, 1.807) is 0 Å². The Hall–Kier alpha value is 0.190. The highest BCUT2D eigenvalue weighted by atomic mass is 127. The van der Waals surface area contributed by atoms with Gasteiger partial charge in [0.25, 0.3) is 0 Å². The molecule has 0 saturated carbocycles. The molecular weight excluding hydrogens is 343 g/mol. The van der Waals surface area contributed by atoms with E-state index >= 15 is 0 Å². The Morgan fingerprint density at radius 1 is 1.46 bits per heavy atom. The molecule has 0 amide bonds. The Balaban J connectivity index is 2.59. The predicted molar refractivity (Wildman–Crippen MR) is 69.0 cm³/mol. The minimum Gasteiger partial charge on any atom is -0.384 e. The number of hydrogen-bond acceptors (Lipinski definition) is 2. The van der Waals surface area contributed by atoms with Crippen LogP contribution < -0.4 is 11.1 Å². The zero-order valence-electron chi connectivity index (χ0n) is 7.19. The van der Waals surface area contributed by atoms with Crippen molar-refractivity contribution in [2.24, 2.45) is 5.73 Å². The first-order valence-electron chi connectivity index (χ1n) is 4.13. The van der Waals surface area contributed by atoms with Gasteiger partial charge in [-0.25, -0.2) is 0 Å². The Morgan fingerprint density at radius 2 is 2.23 bits per heavy atom. The molecular formula is C9H12BrIN2. The van der Waals surface area contributed by atoms with E-state index in [9.17, 15) is 0 Å². The number of hydrogen-bond donors (Lipinski definition) is 2. The van der Waals surface area contributed by atoms with Crippen molar-refractivity contribution in [1.29, 1.82) is 0 Å². The molecule has 0 aliphatic heterocycles. The fourth-order valence-corrected chi connectivity index (χ4v) is 1.84. The van der Waals surface area contributed by atoms with Gasteiger partial charge in [-0.05, 0) is 69.7 Å². The second-order valence-corrected chi connectivity index (χ2v) is 4.79. The molecule has 1 aromatic carbocycles. The topological polar surface area (TPSA) is 38.0 Å². The highest BCUT2D eigenvalue weighted by molar-refractivity contribution is 14.1. The van der Waals surface area contributed by atoms with Gasteiger partial charge in [-0.3, -0.25) is 0 Å². The Labute approximate surface area is 101 Å². The van der Waals surface area contributed by atoms with Crippen molar-refractivity contribution in [3.8, 4) is 0 Å². The van der Waals surface area contributed by atoms with E-state index in [-0.39, 0.29) is 0 Å². The van der Waals surface area contributed by atoms with Crippen molar-refractivity contribution in [1.82, 2.24) is 0 Å². The average Bonchev–Trinajstić information content (AvgIpc) is 2.11. The van der Waals surface area contributed by atoms with Gasteiger partial charge in [-0.2, -0.15) is 0 Å². The van der Waals surface area contributed by atoms with Gasteiger partial charge < -0.3 is 11.1 Å². The van der Waals surface area contributed by atoms with E-state index in [0.29, 0.717) is 0 Å². The monoisotopic (exact) mass is 354 g/mol. The molecule has 0 atom stereocenters. The van der Waals surface area contributed by atoms with Crippen LogP contribution in [-0.2, 0) is 0 Å². The largest absolute Gasteiger partial charge is 0.384 e. The van der Waals surface area contributed by atoms with E-state index in [2.05, 4.69) is 56.0 Å². The van der Waals surface area contributed by atoms with Crippen molar-refractivity contribution < 1.29 is 0 Å². The SMILES string of the molecule is NCCCNc1cc(I)ccc1Br. The number of rotatable bonds is 4. The van der Waals surface area contributed by atoms with Gasteiger partial charge in [0.05, 0.1) is 0 Å². The second kappa shape index (κ2) is 5.82. The molecule has 0 saturated heterocycles. The molecule has 0 heterocycles. The summed E-state index contributed by atoms with van der Waals surface area (Å²) in [6, 6.07) is 6.23.